The van der Waals surface area contributed by atoms with Gasteiger partial charge in [-0.2, -0.15) is 4.31 Å². The summed E-state index contributed by atoms with van der Waals surface area (Å²) in [4.78, 5) is 20.1. The van der Waals surface area contributed by atoms with Crippen LogP contribution >= 0.6 is 0 Å². The number of aromatic nitrogens is 4. The van der Waals surface area contributed by atoms with Gasteiger partial charge in [0.25, 0.3) is 15.6 Å². The first-order valence-corrected chi connectivity index (χ1v) is 9.32. The monoisotopic (exact) mass is 351 g/mol. The Morgan fingerprint density at radius 2 is 2.00 bits per heavy atom. The fourth-order valence-corrected chi connectivity index (χ4v) is 4.56. The zero-order valence-electron chi connectivity index (χ0n) is 13.8. The lowest BCUT2D eigenvalue weighted by Crippen LogP contribution is -2.40. The minimum Gasteiger partial charge on any atom is -0.324 e. The van der Waals surface area contributed by atoms with Crippen LogP contribution in [0.2, 0.25) is 0 Å². The van der Waals surface area contributed by atoms with Crippen molar-refractivity contribution < 1.29 is 8.42 Å². The fourth-order valence-electron chi connectivity index (χ4n) is 3.02. The maximum absolute atomic E-state index is 12.6. The maximum atomic E-state index is 12.6. The highest BCUT2D eigenvalue weighted by molar-refractivity contribution is 7.89. The Balaban J connectivity index is 1.67. The van der Waals surface area contributed by atoms with E-state index in [1.807, 2.05) is 0 Å². The number of sulfonamides is 1. The second kappa shape index (κ2) is 6.48. The van der Waals surface area contributed by atoms with Crippen molar-refractivity contribution in [1.82, 2.24) is 23.4 Å². The van der Waals surface area contributed by atoms with E-state index in [-0.39, 0.29) is 16.6 Å². The van der Waals surface area contributed by atoms with Crippen LogP contribution in [0.3, 0.4) is 0 Å². The molecule has 0 N–H and O–H groups in total. The quantitative estimate of drug-likeness (QED) is 0.795. The van der Waals surface area contributed by atoms with E-state index < -0.39 is 10.0 Å². The largest absolute Gasteiger partial charge is 0.324 e. The lowest BCUT2D eigenvalue weighted by molar-refractivity contribution is 0.249. The van der Waals surface area contributed by atoms with Crippen LogP contribution < -0.4 is 5.56 Å². The molecule has 0 amide bonds. The van der Waals surface area contributed by atoms with E-state index in [2.05, 4.69) is 9.97 Å². The molecule has 2 aromatic rings. The minimum absolute atomic E-state index is 0.0342. The number of rotatable bonds is 4. The summed E-state index contributed by atoms with van der Waals surface area (Å²) in [6.45, 7) is 3.19. The van der Waals surface area contributed by atoms with E-state index in [4.69, 9.17) is 0 Å². The van der Waals surface area contributed by atoms with Gasteiger partial charge in [0.2, 0.25) is 5.16 Å². The van der Waals surface area contributed by atoms with Crippen molar-refractivity contribution in [1.29, 1.82) is 0 Å². The highest BCUT2D eigenvalue weighted by Gasteiger charge is 2.32. The third-order valence-electron chi connectivity index (χ3n) is 4.45. The molecule has 1 fully saturated rings. The standard InChI is InChI=1S/C15H21N5O3S/c1-12-9-16-11-19(14(12)21)10-13-3-6-20(7-4-13)24(22,23)15-17-5-8-18(15)2/h5,8-9,11,13H,3-4,6-7,10H2,1-2H3. The SMILES string of the molecule is Cc1cncn(CC2CCN(S(=O)(=O)c3nccn3C)CC2)c1=O. The average Bonchev–Trinajstić information content (AvgIpc) is 2.99. The zero-order chi connectivity index (χ0) is 17.3. The first-order valence-electron chi connectivity index (χ1n) is 7.88. The number of aryl methyl sites for hydroxylation is 2. The molecule has 1 saturated heterocycles. The molecule has 0 aromatic carbocycles. The molecule has 0 aliphatic carbocycles. The molecule has 3 rings (SSSR count). The summed E-state index contributed by atoms with van der Waals surface area (Å²) in [6.07, 6.45) is 7.63. The van der Waals surface area contributed by atoms with E-state index in [1.54, 1.807) is 37.3 Å². The summed E-state index contributed by atoms with van der Waals surface area (Å²) in [5.41, 5.74) is 0.584. The van der Waals surface area contributed by atoms with Crippen LogP contribution in [-0.4, -0.2) is 44.9 Å². The van der Waals surface area contributed by atoms with E-state index in [0.717, 1.165) is 0 Å². The second-order valence-corrected chi connectivity index (χ2v) is 8.03. The van der Waals surface area contributed by atoms with Crippen LogP contribution in [-0.2, 0) is 23.6 Å². The lowest BCUT2D eigenvalue weighted by Gasteiger charge is -2.31. The summed E-state index contributed by atoms with van der Waals surface area (Å²) in [6, 6.07) is 0. The van der Waals surface area contributed by atoms with Crippen molar-refractivity contribution in [2.24, 2.45) is 13.0 Å². The molecule has 0 bridgehead atoms. The number of imidazole rings is 1. The van der Waals surface area contributed by atoms with Gasteiger partial charge in [-0.05, 0) is 25.7 Å². The van der Waals surface area contributed by atoms with Gasteiger partial charge in [0.1, 0.15) is 0 Å². The summed E-state index contributed by atoms with van der Waals surface area (Å²) in [5, 5.41) is 0.0695. The van der Waals surface area contributed by atoms with Crippen LogP contribution in [0.15, 0.2) is 34.9 Å². The molecular weight excluding hydrogens is 330 g/mol. The Hall–Kier alpha value is -2.00. The smallest absolute Gasteiger partial charge is 0.276 e. The third-order valence-corrected chi connectivity index (χ3v) is 6.35. The molecule has 0 radical (unpaired) electrons. The lowest BCUT2D eigenvalue weighted by atomic mass is 9.98. The second-order valence-electron chi connectivity index (χ2n) is 6.20. The van der Waals surface area contributed by atoms with Crippen LogP contribution in [0.1, 0.15) is 18.4 Å². The summed E-state index contributed by atoms with van der Waals surface area (Å²) < 4.78 is 29.8. The average molecular weight is 351 g/mol. The Labute approximate surface area is 140 Å². The topological polar surface area (TPSA) is 90.1 Å². The normalized spacial score (nSPS) is 17.2. The highest BCUT2D eigenvalue weighted by Crippen LogP contribution is 2.23. The Kier molecular flexibility index (Phi) is 4.55. The van der Waals surface area contributed by atoms with Gasteiger partial charge in [0.15, 0.2) is 0 Å². The van der Waals surface area contributed by atoms with Crippen LogP contribution in [0.4, 0.5) is 0 Å². The van der Waals surface area contributed by atoms with Gasteiger partial charge in [-0.25, -0.2) is 18.4 Å². The molecule has 130 valence electrons. The fraction of sp³-hybridized carbons (Fsp3) is 0.533. The molecule has 1 aliphatic heterocycles. The van der Waals surface area contributed by atoms with Crippen molar-refractivity contribution in [2.75, 3.05) is 13.1 Å². The van der Waals surface area contributed by atoms with Crippen molar-refractivity contribution >= 4 is 10.0 Å². The number of hydrogen-bond acceptors (Lipinski definition) is 5. The minimum atomic E-state index is -3.56. The Bertz CT molecular complexity index is 879. The molecule has 0 spiro atoms. The molecule has 2 aromatic heterocycles. The van der Waals surface area contributed by atoms with Gasteiger partial charge in [-0.3, -0.25) is 9.36 Å². The van der Waals surface area contributed by atoms with Gasteiger partial charge < -0.3 is 4.57 Å². The van der Waals surface area contributed by atoms with Crippen LogP contribution in [0.5, 0.6) is 0 Å². The summed E-state index contributed by atoms with van der Waals surface area (Å²) in [7, 11) is -1.89. The highest BCUT2D eigenvalue weighted by atomic mass is 32.2. The molecule has 24 heavy (non-hydrogen) atoms. The maximum Gasteiger partial charge on any atom is 0.276 e. The van der Waals surface area contributed by atoms with Gasteiger partial charge in [-0.15, -0.1) is 0 Å². The van der Waals surface area contributed by atoms with Crippen molar-refractivity contribution in [3.05, 3.63) is 40.8 Å². The molecule has 8 nitrogen and oxygen atoms in total. The summed E-state index contributed by atoms with van der Waals surface area (Å²) in [5.74, 6) is 0.263. The van der Waals surface area contributed by atoms with E-state index in [1.165, 1.54) is 15.1 Å². The van der Waals surface area contributed by atoms with E-state index >= 15 is 0 Å². The number of nitrogens with zero attached hydrogens (tertiary/aromatic N) is 5. The third kappa shape index (κ3) is 3.13. The predicted octanol–water partition coefficient (Wildman–Crippen LogP) is 0.386. The van der Waals surface area contributed by atoms with Gasteiger partial charge in [0.05, 0.1) is 6.33 Å². The first-order chi connectivity index (χ1) is 11.4. The predicted molar refractivity (Wildman–Crippen MR) is 87.9 cm³/mol. The number of piperidine rings is 1. The van der Waals surface area contributed by atoms with Gasteiger partial charge in [-0.1, -0.05) is 0 Å². The molecule has 9 heteroatoms. The van der Waals surface area contributed by atoms with Gasteiger partial charge in [0, 0.05) is 50.8 Å². The van der Waals surface area contributed by atoms with Crippen LogP contribution in [0.25, 0.3) is 0 Å². The molecule has 0 atom stereocenters. The molecule has 0 unspecified atom stereocenters. The Morgan fingerprint density at radius 3 is 2.62 bits per heavy atom. The molecule has 1 aliphatic rings. The van der Waals surface area contributed by atoms with Crippen molar-refractivity contribution in [3.63, 3.8) is 0 Å². The van der Waals surface area contributed by atoms with Crippen molar-refractivity contribution in [3.8, 4) is 0 Å². The molecular formula is C15H21N5O3S. The van der Waals surface area contributed by atoms with E-state index in [0.29, 0.717) is 38.0 Å². The molecule has 0 saturated carbocycles. The zero-order valence-corrected chi connectivity index (χ0v) is 14.6. The van der Waals surface area contributed by atoms with Crippen molar-refractivity contribution in [2.45, 2.75) is 31.5 Å². The van der Waals surface area contributed by atoms with Crippen LogP contribution in [0, 0.1) is 12.8 Å². The summed E-state index contributed by atoms with van der Waals surface area (Å²) >= 11 is 0. The molecule has 3 heterocycles. The Morgan fingerprint density at radius 1 is 1.29 bits per heavy atom. The van der Waals surface area contributed by atoms with E-state index in [9.17, 15) is 13.2 Å². The first kappa shape index (κ1) is 16.8. The van der Waals surface area contributed by atoms with Gasteiger partial charge >= 0.3 is 0 Å². The number of hydrogen-bond donors (Lipinski definition) is 0.